The van der Waals surface area contributed by atoms with Gasteiger partial charge in [-0.05, 0) is 42.5 Å². The van der Waals surface area contributed by atoms with Crippen LogP contribution < -0.4 is 0 Å². The molecule has 0 spiro atoms. The number of rotatable bonds is 3. The predicted octanol–water partition coefficient (Wildman–Crippen LogP) is 3.99. The molecule has 0 unspecified atom stereocenters. The van der Waals surface area contributed by atoms with E-state index in [4.69, 9.17) is 9.52 Å². The number of carboxylic acid groups (broad SMARTS) is 1. The van der Waals surface area contributed by atoms with Crippen LogP contribution in [0.3, 0.4) is 0 Å². The van der Waals surface area contributed by atoms with E-state index in [-0.39, 0.29) is 22.8 Å². The molecule has 0 radical (unpaired) electrons. The number of carboxylic acids is 1. The van der Waals surface area contributed by atoms with Crippen molar-refractivity contribution >= 4 is 5.97 Å². The number of hydrogen-bond donors (Lipinski definition) is 1. The second-order valence-corrected chi connectivity index (χ2v) is 4.54. The molecular formula is C16H9F2NO3. The SMILES string of the molecule is O=C(O)c1ccc(-c2ncc(-c3cc(F)ccc3F)o2)cc1. The summed E-state index contributed by atoms with van der Waals surface area (Å²) in [5.74, 6) is -1.96. The Labute approximate surface area is 123 Å². The molecule has 0 saturated heterocycles. The molecule has 0 aliphatic heterocycles. The summed E-state index contributed by atoms with van der Waals surface area (Å²) in [4.78, 5) is 14.8. The Balaban J connectivity index is 1.96. The Morgan fingerprint density at radius 3 is 2.50 bits per heavy atom. The van der Waals surface area contributed by atoms with Crippen LogP contribution in [-0.2, 0) is 0 Å². The number of hydrogen-bond acceptors (Lipinski definition) is 3. The third-order valence-corrected chi connectivity index (χ3v) is 3.08. The minimum Gasteiger partial charge on any atom is -0.478 e. The summed E-state index contributed by atoms with van der Waals surface area (Å²) in [6.45, 7) is 0. The van der Waals surface area contributed by atoms with E-state index in [1.807, 2.05) is 0 Å². The monoisotopic (exact) mass is 301 g/mol. The number of halogens is 2. The second kappa shape index (κ2) is 5.40. The van der Waals surface area contributed by atoms with E-state index < -0.39 is 17.6 Å². The van der Waals surface area contributed by atoms with Gasteiger partial charge >= 0.3 is 5.97 Å². The maximum absolute atomic E-state index is 13.7. The maximum atomic E-state index is 13.7. The predicted molar refractivity (Wildman–Crippen MR) is 74.3 cm³/mol. The number of aromatic carboxylic acids is 1. The number of carbonyl (C=O) groups is 1. The van der Waals surface area contributed by atoms with Crippen molar-refractivity contribution in [1.82, 2.24) is 4.98 Å². The lowest BCUT2D eigenvalue weighted by Gasteiger charge is -1.99. The summed E-state index contributed by atoms with van der Waals surface area (Å²) in [5, 5.41) is 8.84. The summed E-state index contributed by atoms with van der Waals surface area (Å²) in [5.41, 5.74) is 0.640. The summed E-state index contributed by atoms with van der Waals surface area (Å²) in [6, 6.07) is 8.92. The summed E-state index contributed by atoms with van der Waals surface area (Å²) in [6.07, 6.45) is 1.29. The first kappa shape index (κ1) is 13.9. The van der Waals surface area contributed by atoms with Crippen molar-refractivity contribution in [1.29, 1.82) is 0 Å². The molecule has 4 nitrogen and oxygen atoms in total. The van der Waals surface area contributed by atoms with Gasteiger partial charge in [0, 0.05) is 5.56 Å². The molecule has 0 bridgehead atoms. The van der Waals surface area contributed by atoms with E-state index in [0.717, 1.165) is 18.2 Å². The van der Waals surface area contributed by atoms with Crippen LogP contribution in [0.4, 0.5) is 8.78 Å². The lowest BCUT2D eigenvalue weighted by atomic mass is 10.1. The van der Waals surface area contributed by atoms with Crippen LogP contribution in [0, 0.1) is 11.6 Å². The van der Waals surface area contributed by atoms with E-state index >= 15 is 0 Å². The Morgan fingerprint density at radius 1 is 1.09 bits per heavy atom. The summed E-state index contributed by atoms with van der Waals surface area (Å²) < 4.78 is 32.3. The highest BCUT2D eigenvalue weighted by molar-refractivity contribution is 5.88. The average Bonchev–Trinajstić information content (AvgIpc) is 2.99. The van der Waals surface area contributed by atoms with Crippen LogP contribution >= 0.6 is 0 Å². The Kier molecular flexibility index (Phi) is 3.42. The summed E-state index contributed by atoms with van der Waals surface area (Å²) >= 11 is 0. The molecule has 0 amide bonds. The van der Waals surface area contributed by atoms with Crippen LogP contribution in [0.1, 0.15) is 10.4 Å². The van der Waals surface area contributed by atoms with E-state index in [1.165, 1.54) is 30.5 Å². The normalized spacial score (nSPS) is 10.6. The van der Waals surface area contributed by atoms with Gasteiger partial charge in [0.05, 0.1) is 17.3 Å². The molecule has 6 heteroatoms. The van der Waals surface area contributed by atoms with Crippen LogP contribution in [0.5, 0.6) is 0 Å². The van der Waals surface area contributed by atoms with Gasteiger partial charge in [0.15, 0.2) is 5.76 Å². The molecule has 0 atom stereocenters. The zero-order valence-corrected chi connectivity index (χ0v) is 11.1. The molecule has 3 rings (SSSR count). The van der Waals surface area contributed by atoms with Crippen LogP contribution in [0.2, 0.25) is 0 Å². The van der Waals surface area contributed by atoms with E-state index in [1.54, 1.807) is 0 Å². The van der Waals surface area contributed by atoms with Gasteiger partial charge in [0.2, 0.25) is 5.89 Å². The van der Waals surface area contributed by atoms with Crippen molar-refractivity contribution in [2.45, 2.75) is 0 Å². The molecule has 0 aliphatic rings. The quantitative estimate of drug-likeness (QED) is 0.794. The van der Waals surface area contributed by atoms with Crippen molar-refractivity contribution in [3.8, 4) is 22.8 Å². The summed E-state index contributed by atoms with van der Waals surface area (Å²) in [7, 11) is 0. The van der Waals surface area contributed by atoms with Gasteiger partial charge in [-0.15, -0.1) is 0 Å². The first-order valence-electron chi connectivity index (χ1n) is 6.29. The molecular weight excluding hydrogens is 292 g/mol. The highest BCUT2D eigenvalue weighted by Crippen LogP contribution is 2.28. The van der Waals surface area contributed by atoms with Gasteiger partial charge in [-0.2, -0.15) is 0 Å². The molecule has 3 aromatic rings. The van der Waals surface area contributed by atoms with Gasteiger partial charge in [0.1, 0.15) is 11.6 Å². The van der Waals surface area contributed by atoms with Crippen LogP contribution in [0.15, 0.2) is 53.1 Å². The van der Waals surface area contributed by atoms with E-state index in [0.29, 0.717) is 5.56 Å². The van der Waals surface area contributed by atoms with Gasteiger partial charge in [0.25, 0.3) is 0 Å². The maximum Gasteiger partial charge on any atom is 0.335 e. The lowest BCUT2D eigenvalue weighted by Crippen LogP contribution is -1.94. The van der Waals surface area contributed by atoms with E-state index in [2.05, 4.69) is 4.98 Å². The topological polar surface area (TPSA) is 63.3 Å². The molecule has 0 saturated carbocycles. The minimum absolute atomic E-state index is 0.0269. The molecule has 2 aromatic carbocycles. The second-order valence-electron chi connectivity index (χ2n) is 4.54. The highest BCUT2D eigenvalue weighted by Gasteiger charge is 2.13. The Morgan fingerprint density at radius 2 is 1.82 bits per heavy atom. The molecule has 22 heavy (non-hydrogen) atoms. The fourth-order valence-electron chi connectivity index (χ4n) is 1.97. The lowest BCUT2D eigenvalue weighted by molar-refractivity contribution is 0.0697. The average molecular weight is 301 g/mol. The van der Waals surface area contributed by atoms with Crippen molar-refractivity contribution in [3.05, 3.63) is 65.9 Å². The fraction of sp³-hybridized carbons (Fsp3) is 0. The third kappa shape index (κ3) is 2.58. The van der Waals surface area contributed by atoms with Gasteiger partial charge in [-0.3, -0.25) is 0 Å². The van der Waals surface area contributed by atoms with Crippen molar-refractivity contribution in [2.24, 2.45) is 0 Å². The minimum atomic E-state index is -1.04. The van der Waals surface area contributed by atoms with Gasteiger partial charge in [-0.1, -0.05) is 0 Å². The van der Waals surface area contributed by atoms with Crippen molar-refractivity contribution in [2.75, 3.05) is 0 Å². The first-order valence-corrected chi connectivity index (χ1v) is 6.29. The van der Waals surface area contributed by atoms with Gasteiger partial charge in [-0.25, -0.2) is 18.6 Å². The molecule has 1 heterocycles. The van der Waals surface area contributed by atoms with E-state index in [9.17, 15) is 13.6 Å². The standard InChI is InChI=1S/C16H9F2NO3/c17-11-5-6-13(18)12(7-11)14-8-19-15(22-14)9-1-3-10(4-2-9)16(20)21/h1-8H,(H,20,21). The zero-order valence-electron chi connectivity index (χ0n) is 11.1. The largest absolute Gasteiger partial charge is 0.478 e. The molecule has 0 fully saturated rings. The molecule has 1 N–H and O–H groups in total. The third-order valence-electron chi connectivity index (χ3n) is 3.08. The van der Waals surface area contributed by atoms with Crippen molar-refractivity contribution in [3.63, 3.8) is 0 Å². The molecule has 0 aliphatic carbocycles. The first-order chi connectivity index (χ1) is 10.5. The number of benzene rings is 2. The smallest absolute Gasteiger partial charge is 0.335 e. The Bertz CT molecular complexity index is 841. The fourth-order valence-corrected chi connectivity index (χ4v) is 1.97. The molecule has 1 aromatic heterocycles. The van der Waals surface area contributed by atoms with Gasteiger partial charge < -0.3 is 9.52 Å². The number of oxazole rings is 1. The number of nitrogens with zero attached hydrogens (tertiary/aromatic N) is 1. The highest BCUT2D eigenvalue weighted by atomic mass is 19.1. The van der Waals surface area contributed by atoms with Crippen LogP contribution in [0.25, 0.3) is 22.8 Å². The Hall–Kier alpha value is -3.02. The molecule has 110 valence electrons. The van der Waals surface area contributed by atoms with Crippen molar-refractivity contribution < 1.29 is 23.1 Å². The zero-order chi connectivity index (χ0) is 15.7. The van der Waals surface area contributed by atoms with Crippen LogP contribution in [-0.4, -0.2) is 16.1 Å². The number of aromatic nitrogens is 1.